The Morgan fingerprint density at radius 2 is 1.05 bits per heavy atom. The number of fused-ring (bicyclic) bond motifs is 6. The SMILES string of the molecule is c1ccc(-c2cc(-c3cccc(-c4ccncc4)c3)nc(-c3ccc(-c4ccc(-c5ccc6c(c5)sc5ccccc56)c5c4oc4ccccc45)cc3)n2)cc1. The highest BCUT2D eigenvalue weighted by Crippen LogP contribution is 2.44. The average molecular weight is 734 g/mol. The van der Waals surface area contributed by atoms with Crippen molar-refractivity contribution in [2.75, 3.05) is 0 Å². The van der Waals surface area contributed by atoms with E-state index in [4.69, 9.17) is 14.4 Å². The first-order chi connectivity index (χ1) is 27.7. The average Bonchev–Trinajstić information content (AvgIpc) is 3.85. The molecule has 0 fully saturated rings. The zero-order valence-electron chi connectivity index (χ0n) is 30.1. The van der Waals surface area contributed by atoms with Crippen LogP contribution >= 0.6 is 11.3 Å². The molecule has 4 nitrogen and oxygen atoms in total. The van der Waals surface area contributed by atoms with E-state index in [0.29, 0.717) is 5.82 Å². The van der Waals surface area contributed by atoms with Gasteiger partial charge in [0.2, 0.25) is 0 Å². The Morgan fingerprint density at radius 3 is 1.91 bits per heavy atom. The summed E-state index contributed by atoms with van der Waals surface area (Å²) in [6.07, 6.45) is 3.64. The van der Waals surface area contributed by atoms with Crippen molar-refractivity contribution in [3.8, 4) is 67.3 Å². The Balaban J connectivity index is 1.01. The van der Waals surface area contributed by atoms with Gasteiger partial charge in [-0.05, 0) is 76.3 Å². The number of aromatic nitrogens is 3. The second-order valence-corrected chi connectivity index (χ2v) is 15.1. The summed E-state index contributed by atoms with van der Waals surface area (Å²) < 4.78 is 9.29. The molecule has 4 heterocycles. The maximum atomic E-state index is 6.70. The molecular weight excluding hydrogens is 703 g/mol. The van der Waals surface area contributed by atoms with Crippen LogP contribution in [0.5, 0.6) is 0 Å². The molecule has 0 amide bonds. The molecule has 0 spiro atoms. The molecule has 0 aliphatic rings. The molecule has 0 aliphatic carbocycles. The van der Waals surface area contributed by atoms with Gasteiger partial charge in [0.05, 0.1) is 11.4 Å². The van der Waals surface area contributed by atoms with Crippen LogP contribution in [0.4, 0.5) is 0 Å². The Morgan fingerprint density at radius 1 is 0.393 bits per heavy atom. The van der Waals surface area contributed by atoms with Gasteiger partial charge in [-0.3, -0.25) is 4.98 Å². The number of pyridine rings is 1. The monoisotopic (exact) mass is 733 g/mol. The lowest BCUT2D eigenvalue weighted by Gasteiger charge is -2.12. The van der Waals surface area contributed by atoms with Gasteiger partial charge in [0, 0.05) is 65.6 Å². The Bertz CT molecular complexity index is 3240. The van der Waals surface area contributed by atoms with Crippen molar-refractivity contribution in [3.05, 3.63) is 188 Å². The molecule has 56 heavy (non-hydrogen) atoms. The summed E-state index contributed by atoms with van der Waals surface area (Å²) in [5.41, 5.74) is 13.2. The van der Waals surface area contributed by atoms with Crippen molar-refractivity contribution >= 4 is 53.4 Å². The number of hydrogen-bond donors (Lipinski definition) is 0. The van der Waals surface area contributed by atoms with Gasteiger partial charge in [0.15, 0.2) is 5.82 Å². The van der Waals surface area contributed by atoms with Crippen LogP contribution < -0.4 is 0 Å². The van der Waals surface area contributed by atoms with E-state index in [1.807, 2.05) is 60.1 Å². The van der Waals surface area contributed by atoms with Gasteiger partial charge >= 0.3 is 0 Å². The maximum absolute atomic E-state index is 6.70. The summed E-state index contributed by atoms with van der Waals surface area (Å²) in [4.78, 5) is 14.5. The van der Waals surface area contributed by atoms with Crippen molar-refractivity contribution in [3.63, 3.8) is 0 Å². The van der Waals surface area contributed by atoms with E-state index in [-0.39, 0.29) is 0 Å². The summed E-state index contributed by atoms with van der Waals surface area (Å²) in [6, 6.07) is 61.8. The predicted octanol–water partition coefficient (Wildman–Crippen LogP) is 14.1. The molecular formula is C51H31N3OS. The van der Waals surface area contributed by atoms with Crippen LogP contribution in [0.2, 0.25) is 0 Å². The standard InChI is InChI=1S/C51H31N3OS/c1-2-9-34(10-3-1)44-31-45(38-12-8-11-36(29-38)32-25-27-52-28-26-32)54-51(53-44)35-19-17-33(18-20-35)40-24-23-39(49-43-14-4-6-15-46(43)55-50(40)49)37-21-22-42-41-13-5-7-16-47(41)56-48(42)30-37/h1-31H. The van der Waals surface area contributed by atoms with E-state index in [1.54, 1.807) is 0 Å². The smallest absolute Gasteiger partial charge is 0.160 e. The largest absolute Gasteiger partial charge is 0.455 e. The lowest BCUT2D eigenvalue weighted by atomic mass is 9.94. The summed E-state index contributed by atoms with van der Waals surface area (Å²) in [5.74, 6) is 0.670. The fourth-order valence-corrected chi connectivity index (χ4v) is 9.02. The molecule has 11 aromatic rings. The summed E-state index contributed by atoms with van der Waals surface area (Å²) in [7, 11) is 0. The van der Waals surface area contributed by atoms with Gasteiger partial charge in [-0.2, -0.15) is 0 Å². The zero-order valence-corrected chi connectivity index (χ0v) is 30.9. The summed E-state index contributed by atoms with van der Waals surface area (Å²) in [6.45, 7) is 0. The maximum Gasteiger partial charge on any atom is 0.160 e. The van der Waals surface area contributed by atoms with Crippen molar-refractivity contribution in [2.45, 2.75) is 0 Å². The summed E-state index contributed by atoms with van der Waals surface area (Å²) in [5, 5.41) is 4.84. The Hall–Kier alpha value is -7.21. The van der Waals surface area contributed by atoms with Gasteiger partial charge in [0.1, 0.15) is 11.2 Å². The molecule has 0 saturated heterocycles. The molecule has 0 N–H and O–H groups in total. The van der Waals surface area contributed by atoms with Crippen LogP contribution in [-0.2, 0) is 0 Å². The molecule has 7 aromatic carbocycles. The third-order valence-corrected chi connectivity index (χ3v) is 11.8. The van der Waals surface area contributed by atoms with Gasteiger partial charge in [-0.1, -0.05) is 127 Å². The minimum absolute atomic E-state index is 0.670. The molecule has 0 aliphatic heterocycles. The molecule has 5 heteroatoms. The second-order valence-electron chi connectivity index (χ2n) is 14.0. The topological polar surface area (TPSA) is 51.8 Å². The first kappa shape index (κ1) is 32.2. The van der Waals surface area contributed by atoms with Gasteiger partial charge in [-0.15, -0.1) is 11.3 Å². The summed E-state index contributed by atoms with van der Waals surface area (Å²) >= 11 is 1.84. The molecule has 11 rings (SSSR count). The van der Waals surface area contributed by atoms with E-state index in [0.717, 1.165) is 77.8 Å². The molecule has 262 valence electrons. The lowest BCUT2D eigenvalue weighted by molar-refractivity contribution is 0.670. The first-order valence-electron chi connectivity index (χ1n) is 18.7. The van der Waals surface area contributed by atoms with Crippen LogP contribution in [0.1, 0.15) is 0 Å². The number of benzene rings is 7. The number of hydrogen-bond acceptors (Lipinski definition) is 5. The Kier molecular flexibility index (Phi) is 7.64. The minimum atomic E-state index is 0.670. The van der Waals surface area contributed by atoms with Crippen molar-refractivity contribution in [1.82, 2.24) is 15.0 Å². The number of furan rings is 1. The molecule has 0 saturated carbocycles. The normalized spacial score (nSPS) is 11.6. The van der Waals surface area contributed by atoms with Gasteiger partial charge in [0.25, 0.3) is 0 Å². The van der Waals surface area contributed by atoms with Crippen molar-refractivity contribution in [2.24, 2.45) is 0 Å². The van der Waals surface area contributed by atoms with Crippen LogP contribution in [-0.4, -0.2) is 15.0 Å². The highest BCUT2D eigenvalue weighted by molar-refractivity contribution is 7.25. The van der Waals surface area contributed by atoms with Crippen LogP contribution in [0, 0.1) is 0 Å². The molecule has 0 unspecified atom stereocenters. The van der Waals surface area contributed by atoms with E-state index in [9.17, 15) is 0 Å². The highest BCUT2D eigenvalue weighted by Gasteiger charge is 2.19. The number of nitrogens with zero attached hydrogens (tertiary/aromatic N) is 3. The number of thiophene rings is 1. The van der Waals surface area contributed by atoms with Crippen LogP contribution in [0.3, 0.4) is 0 Å². The second kappa shape index (κ2) is 13.3. The highest BCUT2D eigenvalue weighted by atomic mass is 32.1. The van der Waals surface area contributed by atoms with E-state index in [1.165, 1.54) is 25.7 Å². The fourth-order valence-electron chi connectivity index (χ4n) is 7.87. The third kappa shape index (κ3) is 5.56. The Labute approximate surface area is 327 Å². The van der Waals surface area contributed by atoms with Crippen LogP contribution in [0.15, 0.2) is 193 Å². The molecule has 0 radical (unpaired) electrons. The number of para-hydroxylation sites is 1. The lowest BCUT2D eigenvalue weighted by Crippen LogP contribution is -1.96. The molecule has 0 bridgehead atoms. The van der Waals surface area contributed by atoms with Crippen molar-refractivity contribution < 1.29 is 4.42 Å². The van der Waals surface area contributed by atoms with Crippen molar-refractivity contribution in [1.29, 1.82) is 0 Å². The predicted molar refractivity (Wildman–Crippen MR) is 233 cm³/mol. The molecule has 4 aromatic heterocycles. The quantitative estimate of drug-likeness (QED) is 0.171. The van der Waals surface area contributed by atoms with Gasteiger partial charge in [-0.25, -0.2) is 9.97 Å². The first-order valence-corrected chi connectivity index (χ1v) is 19.5. The fraction of sp³-hybridized carbons (Fsp3) is 0. The minimum Gasteiger partial charge on any atom is -0.455 e. The zero-order chi connectivity index (χ0) is 37.0. The van der Waals surface area contributed by atoms with Crippen LogP contribution in [0.25, 0.3) is 109 Å². The van der Waals surface area contributed by atoms with E-state index < -0.39 is 0 Å². The van der Waals surface area contributed by atoms with E-state index in [2.05, 4.69) is 145 Å². The third-order valence-electron chi connectivity index (χ3n) is 10.6. The van der Waals surface area contributed by atoms with Gasteiger partial charge < -0.3 is 4.42 Å². The van der Waals surface area contributed by atoms with E-state index >= 15 is 0 Å². The number of rotatable bonds is 6. The molecule has 0 atom stereocenters.